The largest absolute Gasteiger partial charge is 0.332 e. The third kappa shape index (κ3) is 2.00. The summed E-state index contributed by atoms with van der Waals surface area (Å²) in [6.45, 7) is 11.3. The van der Waals surface area contributed by atoms with Crippen molar-refractivity contribution in [3.8, 4) is 0 Å². The van der Waals surface area contributed by atoms with Crippen molar-refractivity contribution < 1.29 is 9.59 Å². The Morgan fingerprint density at radius 3 is 2.47 bits per heavy atom. The van der Waals surface area contributed by atoms with Gasteiger partial charge in [-0.15, -0.1) is 0 Å². The Morgan fingerprint density at radius 2 is 2.00 bits per heavy atom. The SMILES string of the molecule is CC(C)(C)CC(=O)N1CC2C([C@H]1C=O)C2(C)C. The van der Waals surface area contributed by atoms with Crippen LogP contribution >= 0.6 is 0 Å². The fourth-order valence-electron chi connectivity index (χ4n) is 3.32. The van der Waals surface area contributed by atoms with Crippen LogP contribution in [0.3, 0.4) is 0 Å². The van der Waals surface area contributed by atoms with E-state index in [1.807, 2.05) is 0 Å². The van der Waals surface area contributed by atoms with E-state index in [0.29, 0.717) is 18.3 Å². The first kappa shape index (κ1) is 12.6. The van der Waals surface area contributed by atoms with Crippen molar-refractivity contribution in [1.29, 1.82) is 0 Å². The van der Waals surface area contributed by atoms with Crippen molar-refractivity contribution in [2.45, 2.75) is 47.1 Å². The third-order valence-corrected chi connectivity index (χ3v) is 4.40. The highest BCUT2D eigenvalue weighted by Gasteiger charge is 2.67. The lowest BCUT2D eigenvalue weighted by Crippen LogP contribution is -2.42. The standard InChI is InChI=1S/C14H23NO2/c1-13(2,3)6-11(17)15-7-9-12(10(15)8-16)14(9,4)5/h8-10,12H,6-7H2,1-5H3/t9?,10-,12?/m1/s1. The fraction of sp³-hybridized carbons (Fsp3) is 0.857. The van der Waals surface area contributed by atoms with E-state index in [2.05, 4.69) is 34.6 Å². The summed E-state index contributed by atoms with van der Waals surface area (Å²) in [5.41, 5.74) is 0.247. The van der Waals surface area contributed by atoms with Gasteiger partial charge in [-0.25, -0.2) is 0 Å². The van der Waals surface area contributed by atoms with Crippen LogP contribution in [0.1, 0.15) is 41.0 Å². The van der Waals surface area contributed by atoms with Gasteiger partial charge >= 0.3 is 0 Å². The molecule has 2 unspecified atom stereocenters. The van der Waals surface area contributed by atoms with E-state index in [1.165, 1.54) is 0 Å². The number of rotatable bonds is 2. The summed E-state index contributed by atoms with van der Waals surface area (Å²) in [6.07, 6.45) is 1.50. The molecule has 0 aromatic heterocycles. The fourth-order valence-corrected chi connectivity index (χ4v) is 3.32. The molecule has 0 N–H and O–H groups in total. The van der Waals surface area contributed by atoms with Gasteiger partial charge in [0.25, 0.3) is 0 Å². The minimum atomic E-state index is -0.176. The van der Waals surface area contributed by atoms with Gasteiger partial charge in [-0.2, -0.15) is 0 Å². The summed E-state index contributed by atoms with van der Waals surface area (Å²) >= 11 is 0. The normalized spacial score (nSPS) is 34.4. The van der Waals surface area contributed by atoms with E-state index < -0.39 is 0 Å². The molecule has 0 spiro atoms. The van der Waals surface area contributed by atoms with Crippen molar-refractivity contribution >= 4 is 12.2 Å². The summed E-state index contributed by atoms with van der Waals surface area (Å²) < 4.78 is 0. The number of hydrogen-bond acceptors (Lipinski definition) is 2. The van der Waals surface area contributed by atoms with Crippen molar-refractivity contribution in [3.63, 3.8) is 0 Å². The summed E-state index contributed by atoms with van der Waals surface area (Å²) in [5.74, 6) is 1.06. The number of nitrogens with zero attached hydrogens (tertiary/aromatic N) is 1. The van der Waals surface area contributed by atoms with E-state index in [-0.39, 0.29) is 22.8 Å². The second-order valence-electron chi connectivity index (χ2n) is 7.36. The lowest BCUT2D eigenvalue weighted by atomic mass is 9.91. The molecule has 2 fully saturated rings. The molecule has 3 nitrogen and oxygen atoms in total. The number of fused-ring (bicyclic) bond motifs is 1. The van der Waals surface area contributed by atoms with E-state index >= 15 is 0 Å². The Hall–Kier alpha value is -0.860. The van der Waals surface area contributed by atoms with Crippen LogP contribution in [0, 0.1) is 22.7 Å². The van der Waals surface area contributed by atoms with Crippen LogP contribution < -0.4 is 0 Å². The number of hydrogen-bond donors (Lipinski definition) is 0. The highest BCUT2D eigenvalue weighted by Crippen LogP contribution is 2.64. The predicted molar refractivity (Wildman–Crippen MR) is 66.4 cm³/mol. The van der Waals surface area contributed by atoms with Crippen molar-refractivity contribution in [3.05, 3.63) is 0 Å². The van der Waals surface area contributed by atoms with Gasteiger partial charge in [0.1, 0.15) is 6.29 Å². The quantitative estimate of drug-likeness (QED) is 0.690. The van der Waals surface area contributed by atoms with Crippen LogP contribution in [0.4, 0.5) is 0 Å². The molecule has 1 aliphatic carbocycles. The number of carbonyl (C=O) groups is 2. The van der Waals surface area contributed by atoms with Gasteiger partial charge in [0.05, 0.1) is 6.04 Å². The van der Waals surface area contributed by atoms with Crippen molar-refractivity contribution in [1.82, 2.24) is 4.90 Å². The zero-order chi connectivity index (χ0) is 13.0. The third-order valence-electron chi connectivity index (χ3n) is 4.40. The zero-order valence-electron chi connectivity index (χ0n) is 11.5. The summed E-state index contributed by atoms with van der Waals surface area (Å²) in [5, 5.41) is 0. The lowest BCUT2D eigenvalue weighted by molar-refractivity contribution is -0.137. The molecule has 1 saturated carbocycles. The summed E-state index contributed by atoms with van der Waals surface area (Å²) in [6, 6.07) is -0.176. The Kier molecular flexibility index (Phi) is 2.64. The van der Waals surface area contributed by atoms with Gasteiger partial charge < -0.3 is 9.69 Å². The number of piperidine rings is 1. The predicted octanol–water partition coefficient (Wildman–Crippen LogP) is 2.10. The van der Waals surface area contributed by atoms with E-state index in [4.69, 9.17) is 0 Å². The first-order valence-electron chi connectivity index (χ1n) is 6.43. The number of amides is 1. The smallest absolute Gasteiger partial charge is 0.223 e. The molecule has 0 aromatic rings. The van der Waals surface area contributed by atoms with Crippen molar-refractivity contribution in [2.24, 2.45) is 22.7 Å². The van der Waals surface area contributed by atoms with E-state index in [0.717, 1.165) is 12.8 Å². The minimum Gasteiger partial charge on any atom is -0.332 e. The molecule has 1 saturated heterocycles. The molecule has 1 aliphatic heterocycles. The monoisotopic (exact) mass is 237 g/mol. The summed E-state index contributed by atoms with van der Waals surface area (Å²) in [7, 11) is 0. The van der Waals surface area contributed by atoms with Crippen LogP contribution in [-0.2, 0) is 9.59 Å². The van der Waals surface area contributed by atoms with Crippen LogP contribution in [-0.4, -0.2) is 29.7 Å². The molecular weight excluding hydrogens is 214 g/mol. The highest BCUT2D eigenvalue weighted by molar-refractivity contribution is 5.82. The van der Waals surface area contributed by atoms with E-state index in [1.54, 1.807) is 4.90 Å². The van der Waals surface area contributed by atoms with Crippen LogP contribution in [0.5, 0.6) is 0 Å². The molecule has 3 heteroatoms. The first-order valence-corrected chi connectivity index (χ1v) is 6.43. The Bertz CT molecular complexity index is 354. The highest BCUT2D eigenvalue weighted by atomic mass is 16.2. The number of likely N-dealkylation sites (tertiary alicyclic amines) is 1. The molecule has 17 heavy (non-hydrogen) atoms. The molecule has 1 amide bonds. The van der Waals surface area contributed by atoms with Gasteiger partial charge in [0.15, 0.2) is 0 Å². The molecule has 2 rings (SSSR count). The Morgan fingerprint density at radius 1 is 1.41 bits per heavy atom. The van der Waals surface area contributed by atoms with Crippen molar-refractivity contribution in [2.75, 3.05) is 6.54 Å². The average Bonchev–Trinajstić information content (AvgIpc) is 2.59. The molecule has 0 aromatic carbocycles. The molecule has 96 valence electrons. The van der Waals surface area contributed by atoms with Gasteiger partial charge in [0.2, 0.25) is 5.91 Å². The maximum atomic E-state index is 12.2. The topological polar surface area (TPSA) is 37.4 Å². The summed E-state index contributed by atoms with van der Waals surface area (Å²) in [4.78, 5) is 25.2. The van der Waals surface area contributed by atoms with E-state index in [9.17, 15) is 9.59 Å². The lowest BCUT2D eigenvalue weighted by Gasteiger charge is -2.30. The minimum absolute atomic E-state index is 0.00713. The van der Waals surface area contributed by atoms with Gasteiger partial charge in [-0.3, -0.25) is 4.79 Å². The maximum Gasteiger partial charge on any atom is 0.223 e. The second-order valence-corrected chi connectivity index (χ2v) is 7.36. The Balaban J connectivity index is 2.05. The molecule has 2 aliphatic rings. The first-order chi connectivity index (χ1) is 7.68. The number of aldehydes is 1. The second kappa shape index (κ2) is 3.56. The maximum absolute atomic E-state index is 12.2. The molecule has 1 heterocycles. The molecule has 0 radical (unpaired) electrons. The molecule has 0 bridgehead atoms. The average molecular weight is 237 g/mol. The van der Waals surface area contributed by atoms with Gasteiger partial charge in [-0.05, 0) is 22.7 Å². The molecule has 3 atom stereocenters. The zero-order valence-corrected chi connectivity index (χ0v) is 11.5. The van der Waals surface area contributed by atoms with Gasteiger partial charge in [-0.1, -0.05) is 34.6 Å². The van der Waals surface area contributed by atoms with Crippen LogP contribution in [0.2, 0.25) is 0 Å². The molecular formula is C14H23NO2. The number of carbonyl (C=O) groups excluding carboxylic acids is 2. The van der Waals surface area contributed by atoms with Crippen LogP contribution in [0.25, 0.3) is 0 Å². The van der Waals surface area contributed by atoms with Gasteiger partial charge in [0, 0.05) is 13.0 Å². The Labute approximate surface area is 104 Å². The van der Waals surface area contributed by atoms with Crippen LogP contribution in [0.15, 0.2) is 0 Å².